The molecule has 5 N–H and O–H groups in total. The number of aliphatic hydroxyl groups is 3. The van der Waals surface area contributed by atoms with E-state index in [9.17, 15) is 5.11 Å². The third kappa shape index (κ3) is 3.39. The van der Waals surface area contributed by atoms with E-state index >= 15 is 0 Å². The molecule has 2 aromatic heterocycles. The summed E-state index contributed by atoms with van der Waals surface area (Å²) in [6.07, 6.45) is 1.11. The molecule has 0 fully saturated rings. The van der Waals surface area contributed by atoms with Crippen LogP contribution in [-0.2, 0) is 11.3 Å². The third-order valence-electron chi connectivity index (χ3n) is 2.67. The molecule has 2 unspecified atom stereocenters. The van der Waals surface area contributed by atoms with Crippen molar-refractivity contribution in [3.63, 3.8) is 0 Å². The average molecular weight is 283 g/mol. The van der Waals surface area contributed by atoms with Crippen molar-refractivity contribution >= 4 is 17.0 Å². The second-order valence-electron chi connectivity index (χ2n) is 4.36. The van der Waals surface area contributed by atoms with Crippen LogP contribution in [0, 0.1) is 0 Å². The lowest BCUT2D eigenvalue weighted by Crippen LogP contribution is -2.26. The van der Waals surface area contributed by atoms with Crippen molar-refractivity contribution in [3.8, 4) is 0 Å². The number of hydrogen-bond acceptors (Lipinski definition) is 8. The maximum absolute atomic E-state index is 9.84. The Kier molecular flexibility index (Phi) is 4.79. The smallest absolute Gasteiger partial charge is 0.165 e. The van der Waals surface area contributed by atoms with Crippen molar-refractivity contribution in [1.29, 1.82) is 0 Å². The van der Waals surface area contributed by atoms with Crippen LogP contribution in [0.2, 0.25) is 0 Å². The highest BCUT2D eigenvalue weighted by molar-refractivity contribution is 5.81. The maximum Gasteiger partial charge on any atom is 0.165 e. The summed E-state index contributed by atoms with van der Waals surface area (Å²) < 4.78 is 6.72. The molecule has 0 aromatic carbocycles. The Morgan fingerprint density at radius 2 is 1.95 bits per heavy atom. The van der Waals surface area contributed by atoms with Gasteiger partial charge in [-0.2, -0.15) is 0 Å². The van der Waals surface area contributed by atoms with Gasteiger partial charge in [-0.05, 0) is 0 Å². The van der Waals surface area contributed by atoms with E-state index in [2.05, 4.69) is 15.0 Å². The van der Waals surface area contributed by atoms with Gasteiger partial charge in [0.15, 0.2) is 11.5 Å². The van der Waals surface area contributed by atoms with Crippen molar-refractivity contribution in [3.05, 3.63) is 12.7 Å². The zero-order valence-electron chi connectivity index (χ0n) is 10.8. The third-order valence-corrected chi connectivity index (χ3v) is 2.67. The summed E-state index contributed by atoms with van der Waals surface area (Å²) in [5.41, 5.74) is 6.68. The summed E-state index contributed by atoms with van der Waals surface area (Å²) in [5, 5.41) is 27.6. The van der Waals surface area contributed by atoms with E-state index in [1.165, 1.54) is 12.7 Å². The molecule has 0 bridgehead atoms. The molecular formula is C11H17N5O4. The van der Waals surface area contributed by atoms with Crippen LogP contribution < -0.4 is 5.73 Å². The zero-order chi connectivity index (χ0) is 14.5. The van der Waals surface area contributed by atoms with Crippen LogP contribution in [-0.4, -0.2) is 66.9 Å². The molecule has 0 amide bonds. The van der Waals surface area contributed by atoms with Gasteiger partial charge in [0.25, 0.3) is 0 Å². The van der Waals surface area contributed by atoms with E-state index in [-0.39, 0.29) is 32.2 Å². The molecule has 2 atom stereocenters. The lowest BCUT2D eigenvalue weighted by molar-refractivity contribution is -0.0273. The van der Waals surface area contributed by atoms with Crippen molar-refractivity contribution in [2.24, 2.45) is 0 Å². The second-order valence-corrected chi connectivity index (χ2v) is 4.36. The molecule has 0 saturated heterocycles. The van der Waals surface area contributed by atoms with E-state index in [0.717, 1.165) is 0 Å². The van der Waals surface area contributed by atoms with Crippen LogP contribution in [0.15, 0.2) is 12.7 Å². The largest absolute Gasteiger partial charge is 0.394 e. The first-order valence-electron chi connectivity index (χ1n) is 6.08. The predicted molar refractivity (Wildman–Crippen MR) is 69.7 cm³/mol. The van der Waals surface area contributed by atoms with Crippen LogP contribution in [0.4, 0.5) is 5.82 Å². The van der Waals surface area contributed by atoms with Gasteiger partial charge in [0.05, 0.1) is 38.8 Å². The van der Waals surface area contributed by atoms with E-state index in [4.69, 9.17) is 20.7 Å². The number of ether oxygens (including phenoxy) is 1. The van der Waals surface area contributed by atoms with Gasteiger partial charge in [-0.1, -0.05) is 0 Å². The molecule has 2 aromatic rings. The maximum atomic E-state index is 9.84. The fourth-order valence-corrected chi connectivity index (χ4v) is 1.70. The molecular weight excluding hydrogens is 266 g/mol. The van der Waals surface area contributed by atoms with Gasteiger partial charge in [-0.3, -0.25) is 0 Å². The lowest BCUT2D eigenvalue weighted by Gasteiger charge is -2.13. The van der Waals surface area contributed by atoms with E-state index in [1.807, 2.05) is 0 Å². The number of nitrogen functional groups attached to an aromatic ring is 1. The molecule has 2 rings (SSSR count). The molecule has 0 radical (unpaired) electrons. The highest BCUT2D eigenvalue weighted by Gasteiger charge is 2.12. The summed E-state index contributed by atoms with van der Waals surface area (Å²) in [6.45, 7) is -0.161. The predicted octanol–water partition coefficient (Wildman–Crippen LogP) is -1.86. The van der Waals surface area contributed by atoms with E-state index in [0.29, 0.717) is 11.2 Å². The number of anilines is 1. The topological polar surface area (TPSA) is 140 Å². The van der Waals surface area contributed by atoms with Crippen LogP contribution in [0.3, 0.4) is 0 Å². The summed E-state index contributed by atoms with van der Waals surface area (Å²) in [4.78, 5) is 12.0. The number of aliphatic hydroxyl groups excluding tert-OH is 3. The van der Waals surface area contributed by atoms with Crippen LogP contribution >= 0.6 is 0 Å². The highest BCUT2D eigenvalue weighted by atomic mass is 16.5. The van der Waals surface area contributed by atoms with Crippen molar-refractivity contribution in [2.45, 2.75) is 18.8 Å². The minimum absolute atomic E-state index is 0.0251. The number of hydrogen-bond donors (Lipinski definition) is 4. The van der Waals surface area contributed by atoms with Crippen LogP contribution in [0.25, 0.3) is 11.2 Å². The number of rotatable bonds is 7. The summed E-state index contributed by atoms with van der Waals surface area (Å²) >= 11 is 0. The standard InChI is InChI=1S/C11H17N5O4/c12-10-9-11(14-5-13-10)16(6-15-9)1-7(18)3-20-4-8(19)2-17/h5-8,17-19H,1-4H2,(H2,12,13,14). The highest BCUT2D eigenvalue weighted by Crippen LogP contribution is 2.14. The summed E-state index contributed by atoms with van der Waals surface area (Å²) in [5.74, 6) is 0.283. The lowest BCUT2D eigenvalue weighted by atomic mass is 10.3. The molecule has 9 nitrogen and oxygen atoms in total. The fraction of sp³-hybridized carbons (Fsp3) is 0.545. The normalized spacial score (nSPS) is 14.6. The number of nitrogens with zero attached hydrogens (tertiary/aromatic N) is 4. The monoisotopic (exact) mass is 283 g/mol. The minimum Gasteiger partial charge on any atom is -0.394 e. The number of aromatic nitrogens is 4. The molecule has 0 aliphatic carbocycles. The minimum atomic E-state index is -0.941. The van der Waals surface area contributed by atoms with Gasteiger partial charge in [0.1, 0.15) is 17.9 Å². The molecule has 2 heterocycles. The van der Waals surface area contributed by atoms with Gasteiger partial charge in [0.2, 0.25) is 0 Å². The van der Waals surface area contributed by atoms with E-state index < -0.39 is 12.2 Å². The first-order chi connectivity index (χ1) is 9.61. The molecule has 20 heavy (non-hydrogen) atoms. The molecule has 0 saturated carbocycles. The van der Waals surface area contributed by atoms with Gasteiger partial charge < -0.3 is 30.4 Å². The molecule has 0 aliphatic rings. The Labute approximate surface area is 114 Å². The Morgan fingerprint density at radius 3 is 2.70 bits per heavy atom. The Hall–Kier alpha value is -1.81. The van der Waals surface area contributed by atoms with Crippen LogP contribution in [0.5, 0.6) is 0 Å². The van der Waals surface area contributed by atoms with Gasteiger partial charge in [-0.15, -0.1) is 0 Å². The number of nitrogens with two attached hydrogens (primary N) is 1. The summed E-state index contributed by atoms with van der Waals surface area (Å²) in [7, 11) is 0. The zero-order valence-corrected chi connectivity index (χ0v) is 10.8. The van der Waals surface area contributed by atoms with Crippen molar-refractivity contribution < 1.29 is 20.1 Å². The first-order valence-corrected chi connectivity index (χ1v) is 6.08. The average Bonchev–Trinajstić information content (AvgIpc) is 2.83. The van der Waals surface area contributed by atoms with E-state index in [1.54, 1.807) is 4.57 Å². The number of fused-ring (bicyclic) bond motifs is 1. The molecule has 9 heteroatoms. The quantitative estimate of drug-likeness (QED) is 0.464. The molecule has 0 spiro atoms. The van der Waals surface area contributed by atoms with Gasteiger partial charge >= 0.3 is 0 Å². The number of imidazole rings is 1. The van der Waals surface area contributed by atoms with Crippen molar-refractivity contribution in [1.82, 2.24) is 19.5 Å². The molecule has 110 valence electrons. The van der Waals surface area contributed by atoms with Gasteiger partial charge in [-0.25, -0.2) is 15.0 Å². The van der Waals surface area contributed by atoms with Crippen molar-refractivity contribution in [2.75, 3.05) is 25.6 Å². The summed E-state index contributed by atoms with van der Waals surface area (Å²) in [6, 6.07) is 0. The second kappa shape index (κ2) is 6.57. The Balaban J connectivity index is 1.93. The fourth-order valence-electron chi connectivity index (χ4n) is 1.70. The van der Waals surface area contributed by atoms with Gasteiger partial charge in [0, 0.05) is 0 Å². The van der Waals surface area contributed by atoms with Crippen LogP contribution in [0.1, 0.15) is 0 Å². The first kappa shape index (κ1) is 14.6. The molecule has 0 aliphatic heterocycles. The Bertz CT molecular complexity index is 561. The Morgan fingerprint density at radius 1 is 1.20 bits per heavy atom. The SMILES string of the molecule is Nc1ncnc2c1ncn2CC(O)COCC(O)CO.